The second-order valence-electron chi connectivity index (χ2n) is 6.33. The number of hydrogen-bond acceptors (Lipinski definition) is 3. The van der Waals surface area contributed by atoms with E-state index >= 15 is 0 Å². The summed E-state index contributed by atoms with van der Waals surface area (Å²) < 4.78 is 5.33. The van der Waals surface area contributed by atoms with E-state index in [2.05, 4.69) is 23.5 Å². The van der Waals surface area contributed by atoms with Crippen LogP contribution in [0.25, 0.3) is 0 Å². The third-order valence-corrected chi connectivity index (χ3v) is 4.43. The summed E-state index contributed by atoms with van der Waals surface area (Å²) in [6, 6.07) is 13.3. The van der Waals surface area contributed by atoms with Crippen molar-refractivity contribution in [3.05, 3.63) is 70.3 Å². The molecule has 2 aromatic rings. The largest absolute Gasteiger partial charge is 0.453 e. The van der Waals surface area contributed by atoms with Crippen molar-refractivity contribution in [1.29, 1.82) is 0 Å². The normalized spacial score (nSPS) is 17.1. The highest BCUT2D eigenvalue weighted by molar-refractivity contribution is 5.94. The number of esters is 1. The number of rotatable bonds is 4. The Morgan fingerprint density at radius 3 is 2.75 bits per heavy atom. The van der Waals surface area contributed by atoms with Crippen LogP contribution in [0.2, 0.25) is 0 Å². The lowest BCUT2D eigenvalue weighted by atomic mass is 9.99. The molecule has 2 unspecified atom stereocenters. The zero-order chi connectivity index (χ0) is 17.3. The van der Waals surface area contributed by atoms with Crippen LogP contribution < -0.4 is 5.32 Å². The third-order valence-electron chi connectivity index (χ3n) is 4.43. The van der Waals surface area contributed by atoms with Gasteiger partial charge in [-0.3, -0.25) is 4.79 Å². The smallest absolute Gasteiger partial charge is 0.339 e. The van der Waals surface area contributed by atoms with Gasteiger partial charge in [-0.1, -0.05) is 42.0 Å². The highest BCUT2D eigenvalue weighted by Crippen LogP contribution is 2.32. The fourth-order valence-corrected chi connectivity index (χ4v) is 3.14. The maximum absolute atomic E-state index is 12.4. The first-order valence-electron chi connectivity index (χ1n) is 8.12. The molecule has 2 aromatic carbocycles. The van der Waals surface area contributed by atoms with Gasteiger partial charge >= 0.3 is 5.97 Å². The molecule has 1 aliphatic rings. The minimum Gasteiger partial charge on any atom is -0.453 e. The monoisotopic (exact) mass is 323 g/mol. The summed E-state index contributed by atoms with van der Waals surface area (Å²) in [4.78, 5) is 24.2. The van der Waals surface area contributed by atoms with E-state index in [0.717, 1.165) is 22.3 Å². The highest BCUT2D eigenvalue weighted by atomic mass is 16.5. The minimum atomic E-state index is -0.500. The van der Waals surface area contributed by atoms with Gasteiger partial charge in [-0.15, -0.1) is 0 Å². The number of cyclic esters (lactones) is 1. The zero-order valence-electron chi connectivity index (χ0n) is 14.1. The Kier molecular flexibility index (Phi) is 4.38. The maximum atomic E-state index is 12.4. The molecule has 1 aliphatic heterocycles. The standard InChI is InChI=1S/C20H21NO3/c1-12-8-9-13(2)17(10-12)14(3)21-19(22)11-18-15-6-4-5-7-16(15)20(23)24-18/h4-10,14,18H,11H2,1-3H3,(H,21,22). The number of amides is 1. The van der Waals surface area contributed by atoms with Gasteiger partial charge in [0.25, 0.3) is 0 Å². The molecule has 4 heteroatoms. The number of fused-ring (bicyclic) bond motifs is 1. The van der Waals surface area contributed by atoms with Crippen LogP contribution in [0.15, 0.2) is 42.5 Å². The van der Waals surface area contributed by atoms with Crippen molar-refractivity contribution < 1.29 is 14.3 Å². The SMILES string of the molecule is Cc1ccc(C)c(C(C)NC(=O)CC2OC(=O)c3ccccc32)c1. The van der Waals surface area contributed by atoms with Gasteiger partial charge in [0.05, 0.1) is 18.0 Å². The molecule has 1 amide bonds. The number of aryl methyl sites for hydroxylation is 2. The number of hydrogen-bond donors (Lipinski definition) is 1. The molecule has 24 heavy (non-hydrogen) atoms. The molecule has 0 fully saturated rings. The molecule has 124 valence electrons. The molecule has 3 rings (SSSR count). The third kappa shape index (κ3) is 3.18. The summed E-state index contributed by atoms with van der Waals surface area (Å²) in [5.74, 6) is -0.483. The van der Waals surface area contributed by atoms with E-state index in [-0.39, 0.29) is 24.3 Å². The predicted molar refractivity (Wildman–Crippen MR) is 91.7 cm³/mol. The Balaban J connectivity index is 1.68. The molecular formula is C20H21NO3. The minimum absolute atomic E-state index is 0.0928. The molecular weight excluding hydrogens is 302 g/mol. The molecule has 0 saturated carbocycles. The van der Waals surface area contributed by atoms with Gasteiger partial charge in [0.2, 0.25) is 5.91 Å². The van der Waals surface area contributed by atoms with Crippen LogP contribution >= 0.6 is 0 Å². The maximum Gasteiger partial charge on any atom is 0.339 e. The molecule has 0 aliphatic carbocycles. The second-order valence-corrected chi connectivity index (χ2v) is 6.33. The Bertz CT molecular complexity index is 797. The van der Waals surface area contributed by atoms with Crippen LogP contribution in [-0.4, -0.2) is 11.9 Å². The Labute approximate surface area is 141 Å². The van der Waals surface area contributed by atoms with Gasteiger partial charge in [0.1, 0.15) is 6.10 Å². The zero-order valence-corrected chi connectivity index (χ0v) is 14.1. The molecule has 0 bridgehead atoms. The molecule has 0 saturated heterocycles. The van der Waals surface area contributed by atoms with Crippen molar-refractivity contribution >= 4 is 11.9 Å². The Hall–Kier alpha value is -2.62. The average molecular weight is 323 g/mol. The summed E-state index contributed by atoms with van der Waals surface area (Å²) in [7, 11) is 0. The first-order chi connectivity index (χ1) is 11.5. The molecule has 2 atom stereocenters. The summed E-state index contributed by atoms with van der Waals surface area (Å²) in [6.45, 7) is 6.03. The van der Waals surface area contributed by atoms with Gasteiger partial charge in [0, 0.05) is 5.56 Å². The Morgan fingerprint density at radius 1 is 1.21 bits per heavy atom. The van der Waals surface area contributed by atoms with E-state index in [9.17, 15) is 9.59 Å². The fraction of sp³-hybridized carbons (Fsp3) is 0.300. The lowest BCUT2D eigenvalue weighted by Gasteiger charge is -2.18. The van der Waals surface area contributed by atoms with Gasteiger partial charge in [-0.25, -0.2) is 4.79 Å². The van der Waals surface area contributed by atoms with Crippen LogP contribution in [0.1, 0.15) is 58.1 Å². The number of nitrogens with one attached hydrogen (secondary N) is 1. The highest BCUT2D eigenvalue weighted by Gasteiger charge is 2.32. The fourth-order valence-electron chi connectivity index (χ4n) is 3.14. The quantitative estimate of drug-likeness (QED) is 0.871. The lowest BCUT2D eigenvalue weighted by Crippen LogP contribution is -2.28. The van der Waals surface area contributed by atoms with E-state index in [0.29, 0.717) is 5.56 Å². The van der Waals surface area contributed by atoms with E-state index in [1.165, 1.54) is 0 Å². The molecule has 0 radical (unpaired) electrons. The Morgan fingerprint density at radius 2 is 1.96 bits per heavy atom. The summed E-state index contributed by atoms with van der Waals surface area (Å²) >= 11 is 0. The first kappa shape index (κ1) is 16.2. The van der Waals surface area contributed by atoms with E-state index < -0.39 is 6.10 Å². The van der Waals surface area contributed by atoms with Gasteiger partial charge in [-0.05, 0) is 38.0 Å². The summed E-state index contributed by atoms with van der Waals surface area (Å²) in [5, 5.41) is 3.01. The predicted octanol–water partition coefficient (Wildman–Crippen LogP) is 3.78. The topological polar surface area (TPSA) is 55.4 Å². The molecule has 1 N–H and O–H groups in total. The van der Waals surface area contributed by atoms with Crippen molar-refractivity contribution in [2.45, 2.75) is 39.3 Å². The van der Waals surface area contributed by atoms with Gasteiger partial charge < -0.3 is 10.1 Å². The molecule has 0 spiro atoms. The molecule has 4 nitrogen and oxygen atoms in total. The molecule has 1 heterocycles. The van der Waals surface area contributed by atoms with E-state index in [1.54, 1.807) is 12.1 Å². The van der Waals surface area contributed by atoms with Gasteiger partial charge in [0.15, 0.2) is 0 Å². The van der Waals surface area contributed by atoms with E-state index in [4.69, 9.17) is 4.74 Å². The first-order valence-corrected chi connectivity index (χ1v) is 8.12. The summed E-state index contributed by atoms with van der Waals surface area (Å²) in [6.07, 6.45) is -0.364. The van der Waals surface area contributed by atoms with Crippen LogP contribution in [0, 0.1) is 13.8 Å². The summed E-state index contributed by atoms with van der Waals surface area (Å²) in [5.41, 5.74) is 4.75. The van der Waals surface area contributed by atoms with Crippen molar-refractivity contribution in [3.8, 4) is 0 Å². The number of carbonyl (C=O) groups is 2. The van der Waals surface area contributed by atoms with Gasteiger partial charge in [-0.2, -0.15) is 0 Å². The number of benzene rings is 2. The second kappa shape index (κ2) is 6.48. The number of ether oxygens (including phenoxy) is 1. The van der Waals surface area contributed by atoms with E-state index in [1.807, 2.05) is 32.9 Å². The number of carbonyl (C=O) groups excluding carboxylic acids is 2. The average Bonchev–Trinajstić information content (AvgIpc) is 2.86. The van der Waals surface area contributed by atoms with Crippen molar-refractivity contribution in [3.63, 3.8) is 0 Å². The van der Waals surface area contributed by atoms with Crippen molar-refractivity contribution in [2.75, 3.05) is 0 Å². The van der Waals surface area contributed by atoms with Crippen LogP contribution in [0.3, 0.4) is 0 Å². The van der Waals surface area contributed by atoms with Crippen molar-refractivity contribution in [2.24, 2.45) is 0 Å². The van der Waals surface area contributed by atoms with Crippen LogP contribution in [-0.2, 0) is 9.53 Å². The van der Waals surface area contributed by atoms with Crippen molar-refractivity contribution in [1.82, 2.24) is 5.32 Å². The van der Waals surface area contributed by atoms with Crippen LogP contribution in [0.4, 0.5) is 0 Å². The van der Waals surface area contributed by atoms with Crippen LogP contribution in [0.5, 0.6) is 0 Å². The lowest BCUT2D eigenvalue weighted by molar-refractivity contribution is -0.123. The molecule has 0 aromatic heterocycles.